The lowest BCUT2D eigenvalue weighted by Gasteiger charge is -2.16. The molecule has 1 atom stereocenters. The Kier molecular flexibility index (Phi) is 6.09. The minimum absolute atomic E-state index is 0.0444. The summed E-state index contributed by atoms with van der Waals surface area (Å²) >= 11 is 0. The summed E-state index contributed by atoms with van der Waals surface area (Å²) in [5.74, 6) is 0.0396. The number of likely N-dealkylation sites (N-methyl/N-ethyl adjacent to an activating group) is 1. The summed E-state index contributed by atoms with van der Waals surface area (Å²) in [4.78, 5) is 2.00. The number of hydrogen-bond donors (Lipinski definition) is 1. The van der Waals surface area contributed by atoms with E-state index in [4.69, 9.17) is 10.5 Å². The van der Waals surface area contributed by atoms with E-state index in [9.17, 15) is 4.39 Å². The van der Waals surface area contributed by atoms with Crippen LogP contribution < -0.4 is 10.5 Å². The van der Waals surface area contributed by atoms with Gasteiger partial charge < -0.3 is 15.4 Å². The number of nitrogens with two attached hydrogens (primary N) is 1. The predicted molar refractivity (Wildman–Crippen MR) is 72.4 cm³/mol. The van der Waals surface area contributed by atoms with E-state index >= 15 is 0 Å². The maximum absolute atomic E-state index is 13.7. The Morgan fingerprint density at radius 1 is 1.39 bits per heavy atom. The highest BCUT2D eigenvalue weighted by molar-refractivity contribution is 5.35. The van der Waals surface area contributed by atoms with E-state index in [1.165, 1.54) is 6.07 Å². The van der Waals surface area contributed by atoms with Crippen LogP contribution in [0.2, 0.25) is 0 Å². The standard InChI is InChI=1S/C14H23FN2O/c1-4-12(16)10-11-6-5-7-13(15)14(11)18-9-8-17(2)3/h5-7,12H,4,8-10,16H2,1-3H3. The number of ether oxygens (including phenoxy) is 1. The van der Waals surface area contributed by atoms with Crippen LogP contribution in [0.1, 0.15) is 18.9 Å². The van der Waals surface area contributed by atoms with Crippen LogP contribution in [0.5, 0.6) is 5.75 Å². The fraction of sp³-hybridized carbons (Fsp3) is 0.571. The van der Waals surface area contributed by atoms with Crippen molar-refractivity contribution in [3.63, 3.8) is 0 Å². The zero-order valence-electron chi connectivity index (χ0n) is 11.4. The summed E-state index contributed by atoms with van der Waals surface area (Å²) in [5, 5.41) is 0. The Balaban J connectivity index is 2.74. The molecule has 0 aromatic heterocycles. The number of rotatable bonds is 7. The van der Waals surface area contributed by atoms with Crippen molar-refractivity contribution in [2.24, 2.45) is 5.73 Å². The first-order valence-electron chi connectivity index (χ1n) is 6.35. The van der Waals surface area contributed by atoms with E-state index in [1.54, 1.807) is 6.07 Å². The summed E-state index contributed by atoms with van der Waals surface area (Å²) in [7, 11) is 3.91. The van der Waals surface area contributed by atoms with Crippen LogP contribution in [0, 0.1) is 5.82 Å². The molecule has 0 spiro atoms. The second-order valence-corrected chi connectivity index (χ2v) is 4.75. The van der Waals surface area contributed by atoms with Crippen molar-refractivity contribution in [2.45, 2.75) is 25.8 Å². The van der Waals surface area contributed by atoms with Gasteiger partial charge in [0.15, 0.2) is 11.6 Å². The topological polar surface area (TPSA) is 38.5 Å². The average Bonchev–Trinajstić information content (AvgIpc) is 2.32. The summed E-state index contributed by atoms with van der Waals surface area (Å²) in [6, 6.07) is 5.05. The van der Waals surface area contributed by atoms with Gasteiger partial charge in [0.25, 0.3) is 0 Å². The van der Waals surface area contributed by atoms with Crippen LogP contribution in [-0.2, 0) is 6.42 Å². The molecule has 4 heteroatoms. The zero-order valence-corrected chi connectivity index (χ0v) is 11.4. The molecular weight excluding hydrogens is 231 g/mol. The van der Waals surface area contributed by atoms with Crippen molar-refractivity contribution in [3.8, 4) is 5.75 Å². The van der Waals surface area contributed by atoms with Gasteiger partial charge in [0.1, 0.15) is 6.61 Å². The van der Waals surface area contributed by atoms with Crippen molar-refractivity contribution >= 4 is 0 Å². The molecule has 18 heavy (non-hydrogen) atoms. The number of halogens is 1. The maximum Gasteiger partial charge on any atom is 0.165 e. The Morgan fingerprint density at radius 3 is 2.72 bits per heavy atom. The van der Waals surface area contributed by atoms with E-state index in [0.717, 1.165) is 18.5 Å². The molecule has 1 unspecified atom stereocenters. The highest BCUT2D eigenvalue weighted by Crippen LogP contribution is 2.24. The lowest BCUT2D eigenvalue weighted by molar-refractivity contribution is 0.250. The van der Waals surface area contributed by atoms with E-state index in [2.05, 4.69) is 0 Å². The SMILES string of the molecule is CCC(N)Cc1cccc(F)c1OCCN(C)C. The van der Waals surface area contributed by atoms with Crippen molar-refractivity contribution in [1.82, 2.24) is 4.90 Å². The third-order valence-electron chi connectivity index (χ3n) is 2.84. The van der Waals surface area contributed by atoms with Gasteiger partial charge in [-0.15, -0.1) is 0 Å². The van der Waals surface area contributed by atoms with Gasteiger partial charge in [-0.2, -0.15) is 0 Å². The molecule has 0 bridgehead atoms. The molecule has 0 aliphatic carbocycles. The highest BCUT2D eigenvalue weighted by atomic mass is 19.1. The molecular formula is C14H23FN2O. The molecule has 3 nitrogen and oxygen atoms in total. The number of benzene rings is 1. The minimum atomic E-state index is -0.311. The van der Waals surface area contributed by atoms with Crippen LogP contribution in [0.15, 0.2) is 18.2 Å². The van der Waals surface area contributed by atoms with Crippen molar-refractivity contribution in [1.29, 1.82) is 0 Å². The van der Waals surface area contributed by atoms with Crippen LogP contribution in [0.3, 0.4) is 0 Å². The first-order chi connectivity index (χ1) is 8.54. The van der Waals surface area contributed by atoms with Crippen molar-refractivity contribution in [3.05, 3.63) is 29.6 Å². The predicted octanol–water partition coefficient (Wildman–Crippen LogP) is 2.05. The van der Waals surface area contributed by atoms with Crippen molar-refractivity contribution < 1.29 is 9.13 Å². The van der Waals surface area contributed by atoms with E-state index in [1.807, 2.05) is 32.0 Å². The third-order valence-corrected chi connectivity index (χ3v) is 2.84. The molecule has 0 amide bonds. The van der Waals surface area contributed by atoms with Gasteiger partial charge in [-0.3, -0.25) is 0 Å². The largest absolute Gasteiger partial charge is 0.489 e. The molecule has 102 valence electrons. The zero-order chi connectivity index (χ0) is 13.5. The Labute approximate surface area is 109 Å². The molecule has 0 saturated heterocycles. The van der Waals surface area contributed by atoms with Gasteiger partial charge in [0.05, 0.1) is 0 Å². The molecule has 0 heterocycles. The third kappa shape index (κ3) is 4.63. The highest BCUT2D eigenvalue weighted by Gasteiger charge is 2.12. The smallest absolute Gasteiger partial charge is 0.165 e. The fourth-order valence-corrected chi connectivity index (χ4v) is 1.63. The summed E-state index contributed by atoms with van der Waals surface area (Å²) in [5.41, 5.74) is 6.76. The number of para-hydroxylation sites is 1. The van der Waals surface area contributed by atoms with Crippen molar-refractivity contribution in [2.75, 3.05) is 27.2 Å². The number of hydrogen-bond acceptors (Lipinski definition) is 3. The fourth-order valence-electron chi connectivity index (χ4n) is 1.63. The molecule has 0 aliphatic rings. The molecule has 1 rings (SSSR count). The lowest BCUT2D eigenvalue weighted by atomic mass is 10.0. The normalized spacial score (nSPS) is 12.8. The molecule has 0 aliphatic heterocycles. The quantitative estimate of drug-likeness (QED) is 0.809. The van der Waals surface area contributed by atoms with Crippen LogP contribution in [0.25, 0.3) is 0 Å². The van der Waals surface area contributed by atoms with Gasteiger partial charge in [-0.05, 0) is 38.6 Å². The Morgan fingerprint density at radius 2 is 2.11 bits per heavy atom. The first-order valence-corrected chi connectivity index (χ1v) is 6.35. The molecule has 0 saturated carbocycles. The monoisotopic (exact) mass is 254 g/mol. The Bertz CT molecular complexity index is 369. The second-order valence-electron chi connectivity index (χ2n) is 4.75. The second kappa shape index (κ2) is 7.34. The van der Waals surface area contributed by atoms with Gasteiger partial charge >= 0.3 is 0 Å². The Hall–Kier alpha value is -1.13. The molecule has 1 aromatic rings. The summed E-state index contributed by atoms with van der Waals surface area (Å²) in [6.07, 6.45) is 1.51. The van der Waals surface area contributed by atoms with E-state index in [0.29, 0.717) is 18.8 Å². The van der Waals surface area contributed by atoms with E-state index in [-0.39, 0.29) is 11.9 Å². The molecule has 0 fully saturated rings. The summed E-state index contributed by atoms with van der Waals surface area (Å²) < 4.78 is 19.3. The molecule has 1 aromatic carbocycles. The van der Waals surface area contributed by atoms with Crippen LogP contribution in [-0.4, -0.2) is 38.2 Å². The molecule has 2 N–H and O–H groups in total. The van der Waals surface area contributed by atoms with Crippen LogP contribution in [0.4, 0.5) is 4.39 Å². The minimum Gasteiger partial charge on any atom is -0.489 e. The average molecular weight is 254 g/mol. The van der Waals surface area contributed by atoms with Crippen LogP contribution >= 0.6 is 0 Å². The van der Waals surface area contributed by atoms with Gasteiger partial charge in [-0.25, -0.2) is 4.39 Å². The van der Waals surface area contributed by atoms with E-state index < -0.39 is 0 Å². The molecule has 0 radical (unpaired) electrons. The first kappa shape index (κ1) is 14.9. The van der Waals surface area contributed by atoms with Gasteiger partial charge in [0, 0.05) is 12.6 Å². The summed E-state index contributed by atoms with van der Waals surface area (Å²) in [6.45, 7) is 3.26. The van der Waals surface area contributed by atoms with Gasteiger partial charge in [-0.1, -0.05) is 19.1 Å². The number of nitrogens with zero attached hydrogens (tertiary/aromatic N) is 1. The lowest BCUT2D eigenvalue weighted by Crippen LogP contribution is -2.23. The van der Waals surface area contributed by atoms with Gasteiger partial charge in [0.2, 0.25) is 0 Å². The maximum atomic E-state index is 13.7.